The lowest BCUT2D eigenvalue weighted by Crippen LogP contribution is -2.28. The first-order valence-corrected chi connectivity index (χ1v) is 9.77. The number of nitrogens with one attached hydrogen (secondary N) is 1. The van der Waals surface area contributed by atoms with E-state index in [4.69, 9.17) is 13.9 Å². The summed E-state index contributed by atoms with van der Waals surface area (Å²) in [6.07, 6.45) is 2.97. The van der Waals surface area contributed by atoms with E-state index in [2.05, 4.69) is 10.3 Å². The van der Waals surface area contributed by atoms with Gasteiger partial charge in [-0.15, -0.1) is 0 Å². The van der Waals surface area contributed by atoms with Crippen LogP contribution in [0.15, 0.2) is 76.3 Å². The summed E-state index contributed by atoms with van der Waals surface area (Å²) in [5, 5.41) is 13.2. The largest absolute Gasteiger partial charge is 0.507 e. The van der Waals surface area contributed by atoms with E-state index in [1.54, 1.807) is 49.7 Å². The Hall–Kier alpha value is -4.33. The van der Waals surface area contributed by atoms with Crippen LogP contribution < -0.4 is 20.2 Å². The van der Waals surface area contributed by atoms with Crippen LogP contribution in [0, 0.1) is 0 Å². The van der Waals surface area contributed by atoms with E-state index in [0.29, 0.717) is 16.9 Å². The first-order valence-electron chi connectivity index (χ1n) is 9.77. The molecule has 2 aromatic carbocycles. The summed E-state index contributed by atoms with van der Waals surface area (Å²) in [6.45, 7) is 0.000953. The second-order valence-electron chi connectivity index (χ2n) is 6.91. The van der Waals surface area contributed by atoms with Crippen molar-refractivity contribution in [3.63, 3.8) is 0 Å². The number of phenolic OH excluding ortho intramolecular Hbond substituents is 1. The number of hydrogen-bond donors (Lipinski definition) is 2. The number of carbonyl (C=O) groups excluding carboxylic acids is 1. The Labute approximate surface area is 183 Å². The lowest BCUT2D eigenvalue weighted by Gasteiger charge is -2.10. The molecule has 0 fully saturated rings. The summed E-state index contributed by atoms with van der Waals surface area (Å²) in [7, 11) is 1.56. The first kappa shape index (κ1) is 20.9. The summed E-state index contributed by atoms with van der Waals surface area (Å²) in [4.78, 5) is 29.1. The van der Waals surface area contributed by atoms with Gasteiger partial charge in [0.1, 0.15) is 34.5 Å². The smallest absolute Gasteiger partial charge is 0.258 e. The molecule has 0 aliphatic rings. The molecule has 2 heterocycles. The number of benzene rings is 2. The number of nitrogens with zero attached hydrogens (tertiary/aromatic N) is 1. The van der Waals surface area contributed by atoms with Gasteiger partial charge in [-0.25, -0.2) is 0 Å². The molecule has 8 heteroatoms. The number of aromatic nitrogens is 1. The van der Waals surface area contributed by atoms with Crippen molar-refractivity contribution < 1.29 is 23.8 Å². The average Bonchev–Trinajstić information content (AvgIpc) is 2.82. The molecular weight excluding hydrogens is 412 g/mol. The van der Waals surface area contributed by atoms with E-state index < -0.39 is 0 Å². The predicted octanol–water partition coefficient (Wildman–Crippen LogP) is 3.26. The Morgan fingerprint density at radius 3 is 2.66 bits per heavy atom. The first-order chi connectivity index (χ1) is 15.5. The summed E-state index contributed by atoms with van der Waals surface area (Å²) < 4.78 is 16.2. The van der Waals surface area contributed by atoms with Crippen molar-refractivity contribution >= 4 is 16.9 Å². The van der Waals surface area contributed by atoms with Gasteiger partial charge in [0.25, 0.3) is 5.91 Å². The van der Waals surface area contributed by atoms with E-state index in [-0.39, 0.29) is 47.0 Å². The molecule has 2 N–H and O–H groups in total. The van der Waals surface area contributed by atoms with Crippen molar-refractivity contribution in [1.29, 1.82) is 0 Å². The maximum Gasteiger partial charge on any atom is 0.258 e. The van der Waals surface area contributed by atoms with Crippen molar-refractivity contribution in [3.05, 3.63) is 83.0 Å². The number of amides is 1. The quantitative estimate of drug-likeness (QED) is 0.461. The van der Waals surface area contributed by atoms with Crippen molar-refractivity contribution in [2.75, 3.05) is 13.7 Å². The predicted molar refractivity (Wildman–Crippen MR) is 118 cm³/mol. The van der Waals surface area contributed by atoms with E-state index in [0.717, 1.165) is 5.69 Å². The number of pyridine rings is 1. The van der Waals surface area contributed by atoms with Crippen LogP contribution in [0.25, 0.3) is 22.1 Å². The van der Waals surface area contributed by atoms with E-state index in [1.807, 2.05) is 6.07 Å². The number of aromatic hydroxyl groups is 1. The number of methoxy groups -OCH3 is 1. The molecule has 0 aliphatic heterocycles. The fraction of sp³-hybridized carbons (Fsp3) is 0.125. The molecular formula is C24H20N2O6. The molecule has 0 saturated heterocycles. The standard InChI is InChI=1S/C24H20N2O6/c1-30-17-7-5-15(6-8-17)19-13-32-21-11-18(10-20(27)23(21)24(19)29)31-14-22(28)26-12-16-4-2-3-9-25-16/h2-11,13,27H,12,14H2,1H3,(H,26,28). The highest BCUT2D eigenvalue weighted by atomic mass is 16.5. The van der Waals surface area contributed by atoms with Crippen LogP contribution in [0.1, 0.15) is 5.69 Å². The van der Waals surface area contributed by atoms with Crippen LogP contribution in [0.5, 0.6) is 17.2 Å². The van der Waals surface area contributed by atoms with Gasteiger partial charge in [0, 0.05) is 18.3 Å². The molecule has 162 valence electrons. The molecule has 32 heavy (non-hydrogen) atoms. The Kier molecular flexibility index (Phi) is 6.03. The van der Waals surface area contributed by atoms with Crippen molar-refractivity contribution in [3.8, 4) is 28.4 Å². The van der Waals surface area contributed by atoms with Gasteiger partial charge in [-0.2, -0.15) is 0 Å². The second kappa shape index (κ2) is 9.22. The highest BCUT2D eigenvalue weighted by Crippen LogP contribution is 2.30. The van der Waals surface area contributed by atoms with Crippen molar-refractivity contribution in [1.82, 2.24) is 10.3 Å². The summed E-state index contributed by atoms with van der Waals surface area (Å²) >= 11 is 0. The van der Waals surface area contributed by atoms with Gasteiger partial charge in [0.2, 0.25) is 5.43 Å². The summed E-state index contributed by atoms with van der Waals surface area (Å²) in [5.41, 5.74) is 1.42. The Morgan fingerprint density at radius 2 is 1.94 bits per heavy atom. The fourth-order valence-corrected chi connectivity index (χ4v) is 3.15. The van der Waals surface area contributed by atoms with Gasteiger partial charge in [-0.05, 0) is 29.8 Å². The zero-order chi connectivity index (χ0) is 22.5. The number of phenols is 1. The second-order valence-corrected chi connectivity index (χ2v) is 6.91. The molecule has 0 spiro atoms. The number of carbonyl (C=O) groups is 1. The van der Waals surface area contributed by atoms with Gasteiger partial charge in [-0.3, -0.25) is 14.6 Å². The van der Waals surface area contributed by atoms with Crippen molar-refractivity contribution in [2.24, 2.45) is 0 Å². The monoisotopic (exact) mass is 432 g/mol. The number of hydrogen-bond acceptors (Lipinski definition) is 7. The van der Waals surface area contributed by atoms with Crippen LogP contribution >= 0.6 is 0 Å². The molecule has 0 bridgehead atoms. The molecule has 4 aromatic rings. The highest BCUT2D eigenvalue weighted by Gasteiger charge is 2.15. The lowest BCUT2D eigenvalue weighted by atomic mass is 10.0. The van der Waals surface area contributed by atoms with Crippen LogP contribution in [-0.2, 0) is 11.3 Å². The highest BCUT2D eigenvalue weighted by molar-refractivity contribution is 5.88. The number of fused-ring (bicyclic) bond motifs is 1. The van der Waals surface area contributed by atoms with Crippen LogP contribution in [-0.4, -0.2) is 29.7 Å². The molecule has 0 saturated carbocycles. The Balaban J connectivity index is 1.49. The number of rotatable bonds is 7. The minimum Gasteiger partial charge on any atom is -0.507 e. The normalized spacial score (nSPS) is 10.7. The Bertz CT molecular complexity index is 1300. The SMILES string of the molecule is COc1ccc(-c2coc3cc(OCC(=O)NCc4ccccn4)cc(O)c3c2=O)cc1. The third-order valence-electron chi connectivity index (χ3n) is 4.79. The minimum absolute atomic E-state index is 0.0327. The van der Waals surface area contributed by atoms with Gasteiger partial charge < -0.3 is 24.3 Å². The minimum atomic E-state index is -0.381. The molecule has 2 aromatic heterocycles. The van der Waals surface area contributed by atoms with Gasteiger partial charge >= 0.3 is 0 Å². The Morgan fingerprint density at radius 1 is 1.12 bits per heavy atom. The van der Waals surface area contributed by atoms with Crippen LogP contribution in [0.4, 0.5) is 0 Å². The van der Waals surface area contributed by atoms with E-state index in [9.17, 15) is 14.7 Å². The molecule has 0 radical (unpaired) electrons. The third-order valence-corrected chi connectivity index (χ3v) is 4.79. The maximum atomic E-state index is 12.9. The van der Waals surface area contributed by atoms with Crippen molar-refractivity contribution in [2.45, 2.75) is 6.54 Å². The van der Waals surface area contributed by atoms with Crippen LogP contribution in [0.3, 0.4) is 0 Å². The van der Waals surface area contributed by atoms with Gasteiger partial charge in [0.05, 0.1) is 24.9 Å². The summed E-state index contributed by atoms with van der Waals surface area (Å²) in [5.74, 6) is 0.206. The maximum absolute atomic E-state index is 12.9. The zero-order valence-electron chi connectivity index (χ0n) is 17.2. The summed E-state index contributed by atoms with van der Waals surface area (Å²) in [6, 6.07) is 15.1. The average molecular weight is 432 g/mol. The van der Waals surface area contributed by atoms with E-state index >= 15 is 0 Å². The van der Waals surface area contributed by atoms with Crippen LogP contribution in [0.2, 0.25) is 0 Å². The zero-order valence-corrected chi connectivity index (χ0v) is 17.2. The molecule has 4 rings (SSSR count). The molecule has 0 aliphatic carbocycles. The molecule has 0 atom stereocenters. The molecule has 0 unspecified atom stereocenters. The number of ether oxygens (including phenoxy) is 2. The van der Waals surface area contributed by atoms with Gasteiger partial charge in [-0.1, -0.05) is 18.2 Å². The van der Waals surface area contributed by atoms with Gasteiger partial charge in [0.15, 0.2) is 6.61 Å². The third kappa shape index (κ3) is 4.54. The topological polar surface area (TPSA) is 111 Å². The fourth-order valence-electron chi connectivity index (χ4n) is 3.15. The van der Waals surface area contributed by atoms with E-state index in [1.165, 1.54) is 18.4 Å². The lowest BCUT2D eigenvalue weighted by molar-refractivity contribution is -0.123. The molecule has 8 nitrogen and oxygen atoms in total. The molecule has 1 amide bonds.